The fraction of sp³-hybridized carbons (Fsp3) is 0.987. The first kappa shape index (κ1) is 126. The second-order valence-corrected chi connectivity index (χ2v) is 32.6. The highest BCUT2D eigenvalue weighted by atomic mass is 16.8. The van der Waals surface area contributed by atoms with Crippen LogP contribution in [0, 0.1) is 5.92 Å². The Morgan fingerprint density at radius 3 is 0.934 bits per heavy atom. The summed E-state index contributed by atoms with van der Waals surface area (Å²) in [5.74, 6) is -1.16. The molecule has 10 aliphatic rings. The van der Waals surface area contributed by atoms with Crippen LogP contribution in [0.5, 0.6) is 0 Å². The summed E-state index contributed by atoms with van der Waals surface area (Å²) in [6, 6.07) is -1.95. The van der Waals surface area contributed by atoms with Crippen molar-refractivity contribution in [1.82, 2.24) is 5.32 Å². The van der Waals surface area contributed by atoms with Gasteiger partial charge in [0.2, 0.25) is 5.91 Å². The normalized spacial score (nSPS) is 45.0. The van der Waals surface area contributed by atoms with Gasteiger partial charge in [-0.25, -0.2) is 0 Å². The Hall–Kier alpha value is -2.93. The summed E-state index contributed by atoms with van der Waals surface area (Å²) in [6.45, 7) is 0.0425. The van der Waals surface area contributed by atoms with Crippen LogP contribution in [0.4, 0.5) is 0 Å². The van der Waals surface area contributed by atoms with Gasteiger partial charge in [0.25, 0.3) is 0 Å². The predicted molar refractivity (Wildman–Crippen MR) is 442 cm³/mol. The van der Waals surface area contributed by atoms with Crippen molar-refractivity contribution in [2.24, 2.45) is 46.1 Å². The van der Waals surface area contributed by atoms with Gasteiger partial charge in [0.05, 0.1) is 117 Å². The minimum absolute atomic E-state index is 0.0141. The van der Waals surface area contributed by atoms with E-state index in [4.69, 9.17) is 151 Å². The molecule has 1 unspecified atom stereocenters. The van der Waals surface area contributed by atoms with E-state index in [-0.39, 0.29) is 78.8 Å². The zero-order valence-electron chi connectivity index (χ0n) is 74.9. The SMILES string of the molecule is CC(=O)N[C@H]1[C@H](OCCN)O[C@H](CO)[C@@H](O)[C@@H]1O.C[C@@H]1O[C@H](OCCN)[C@@H](O)[C@H](O)[C@@H]1O.NCCO[C@H]1O[C@H](CO)[C@@H](O)[C@H](O)[C@@H]1O.NCCO[C@H]1O[C@H](CO)[C@@H](O)[C@H](O)[C@@H]1O[C@H]1O[C@H](CO)[C@@H](O)[C@H](O)[C@@H]1O.NCCO[C@H]1O[C@H](CO)[C@@H](O)[C@H](O)[C@H]1O.NCCO[C@H]1O[C@H](CO[C@H]2C[C@H](CO)[C@@H](O)[C@H](O)[C@@H]2O)[C@@H](O)[C@H](O[C@H]2O[C@H](CO)[C@@H](O)[C@H](O)[C@@H]2O)[C@@H]1O.N[C@H]1C(O)O[C@H](CO)[C@@H](O)[C@@H]1O. The summed E-state index contributed by atoms with van der Waals surface area (Å²) in [6.07, 6.45) is -62.6. The summed E-state index contributed by atoms with van der Waals surface area (Å²) >= 11 is 0. The zero-order chi connectivity index (χ0) is 103. The molecule has 0 aromatic carbocycles. The molecule has 50 atom stereocenters. The van der Waals surface area contributed by atoms with Gasteiger partial charge in [-0.3, -0.25) is 4.79 Å². The Bertz CT molecular complexity index is 3110. The van der Waals surface area contributed by atoms with Crippen LogP contribution in [0.15, 0.2) is 0 Å². The van der Waals surface area contributed by atoms with Gasteiger partial charge in [0.1, 0.15) is 220 Å². The maximum Gasteiger partial charge on any atom is 0.217 e. The molecule has 0 bridgehead atoms. The van der Waals surface area contributed by atoms with E-state index in [1.807, 2.05) is 0 Å². The van der Waals surface area contributed by atoms with Gasteiger partial charge in [-0.15, -0.1) is 0 Å². The number of nitrogens with one attached hydrogen (secondary N) is 1. The number of ether oxygens (including phenoxy) is 18. The smallest absolute Gasteiger partial charge is 0.217 e. The Morgan fingerprint density at radius 1 is 0.277 bits per heavy atom. The van der Waals surface area contributed by atoms with Gasteiger partial charge in [-0.05, 0) is 13.3 Å². The number of aliphatic hydroxyl groups is 35. The van der Waals surface area contributed by atoms with Crippen LogP contribution >= 0.6 is 0 Å². The van der Waals surface area contributed by atoms with Gasteiger partial charge in [-0.1, -0.05) is 0 Å². The van der Waals surface area contributed by atoms with Crippen molar-refractivity contribution in [2.75, 3.05) is 138 Å². The molecule has 10 fully saturated rings. The van der Waals surface area contributed by atoms with E-state index in [0.29, 0.717) is 6.54 Å². The third kappa shape index (κ3) is 35.4. The van der Waals surface area contributed by atoms with E-state index in [1.54, 1.807) is 6.92 Å². The summed E-state index contributed by atoms with van der Waals surface area (Å²) < 4.78 is 94.4. The summed E-state index contributed by atoms with van der Waals surface area (Å²) in [5, 5.41) is 339. The molecule has 137 heavy (non-hydrogen) atoms. The summed E-state index contributed by atoms with van der Waals surface area (Å²) in [5.41, 5.74) is 37.0. The van der Waals surface area contributed by atoms with Crippen LogP contribution in [-0.2, 0) is 90.1 Å². The van der Waals surface area contributed by atoms with Crippen LogP contribution in [0.3, 0.4) is 0 Å². The fourth-order valence-corrected chi connectivity index (χ4v) is 14.6. The van der Waals surface area contributed by atoms with Crippen molar-refractivity contribution >= 4 is 5.91 Å². The average Bonchev–Trinajstić information content (AvgIpc) is 0.730. The predicted octanol–water partition coefficient (Wildman–Crippen LogP) is -27.4. The molecule has 9 aliphatic heterocycles. The van der Waals surface area contributed by atoms with E-state index >= 15 is 0 Å². The topological polar surface area (TPSA) is 1090 Å². The highest BCUT2D eigenvalue weighted by Crippen LogP contribution is 2.36. The van der Waals surface area contributed by atoms with Crippen LogP contribution in [0.25, 0.3) is 0 Å². The molecule has 0 aromatic heterocycles. The Labute approximate surface area is 783 Å². The molecule has 62 nitrogen and oxygen atoms in total. The van der Waals surface area contributed by atoms with E-state index in [0.717, 1.165) is 0 Å². The zero-order valence-corrected chi connectivity index (χ0v) is 74.9. The molecule has 0 aromatic rings. The molecule has 9 heterocycles. The standard InChI is InChI=1S/C21H39NO15.C14H27NO11.C10H20N2O6.2C8H17NO6.C8H17NO5.C6H13NO5/c22-1-2-33-20-18(32)19(37-21-17(31)16(30)13(27)9(5-24)35-21)14(28)10(36-20)6-34-8-3-7(4-23)11(25)15(29)12(8)26;15-1-2-23-14-12(10(21)8(19)6(4-17)25-14)26-13-11(22)9(20)7(18)5(3-16)24-13;1-5(14)12-7-9(16)8(15)6(4-13)18-10(7)17-3-2-11;2*9-1-2-14-8-7(13)6(12)5(11)4(3-10)15-8;1-4-5(10)6(11)7(12)8(14-4)13-3-2-9;7-3-5(10)4(9)2(1-8)12-6(3)11/h7-21,23-32H,1-6,22H2;5-14,16-22H,1-4,15H2;6-10,13,15-16H,2-4,11H2,1H3,(H,12,14);2*4-8,10-13H,1-3,9H2;4-8,10-12H,2-3,9H2,1H3;2-6,8-11H,1,7H2/t7-,8+,9-,10-,11-,12-,13-,14-,15+,16+,17+,18+,19+,20+,21-;5-,6-,7-,8-,9+,10+,11+,12+,13-,14+;6-,7-,8-,9-,10-;4-,5-,6+,7+,8+;4-,5-,6+,7-,8+;4-,5+,6+,7-,8-;2-,3-,4-,5-,6?/m1111101/s1. The minimum atomic E-state index is -1.81. The molecule has 0 radical (unpaired) electrons. The van der Waals surface area contributed by atoms with Crippen molar-refractivity contribution < 1.29 is 269 Å². The number of rotatable bonds is 34. The number of carbonyl (C=O) groups is 1. The fourth-order valence-electron chi connectivity index (χ4n) is 14.6. The lowest BCUT2D eigenvalue weighted by atomic mass is 9.81. The molecule has 814 valence electrons. The number of carbonyl (C=O) groups excluding carboxylic acids is 1. The molecule has 1 aliphatic carbocycles. The molecular formula is C75H150N8O54. The number of hydrogen-bond donors (Lipinski definition) is 43. The van der Waals surface area contributed by atoms with Crippen molar-refractivity contribution in [1.29, 1.82) is 0 Å². The number of amides is 1. The number of hydrogen-bond acceptors (Lipinski definition) is 61. The lowest BCUT2D eigenvalue weighted by molar-refractivity contribution is -0.367. The van der Waals surface area contributed by atoms with Gasteiger partial charge in [0, 0.05) is 58.7 Å². The van der Waals surface area contributed by atoms with Crippen molar-refractivity contribution in [3.63, 3.8) is 0 Å². The average molecular weight is 2030 g/mol. The molecule has 9 saturated heterocycles. The molecule has 0 spiro atoms. The van der Waals surface area contributed by atoms with Crippen LogP contribution in [0.1, 0.15) is 20.3 Å². The number of aliphatic hydroxyl groups excluding tert-OH is 35. The molecule has 50 N–H and O–H groups in total. The highest BCUT2D eigenvalue weighted by Gasteiger charge is 2.56. The Balaban J connectivity index is 0.000000347. The van der Waals surface area contributed by atoms with Gasteiger partial charge < -0.3 is 309 Å². The first-order valence-corrected chi connectivity index (χ1v) is 43.8. The lowest BCUT2D eigenvalue weighted by Gasteiger charge is -2.46. The molecular weight excluding hydrogens is 1880 g/mol. The quantitative estimate of drug-likeness (QED) is 0.0284. The van der Waals surface area contributed by atoms with Crippen molar-refractivity contribution in [3.05, 3.63) is 0 Å². The first-order chi connectivity index (χ1) is 64.8. The monoisotopic (exact) mass is 2030 g/mol. The van der Waals surface area contributed by atoms with E-state index < -0.39 is 372 Å². The van der Waals surface area contributed by atoms with Gasteiger partial charge in [0.15, 0.2) is 56.6 Å². The number of nitrogens with two attached hydrogens (primary N) is 7. The summed E-state index contributed by atoms with van der Waals surface area (Å²) in [4.78, 5) is 11.0. The van der Waals surface area contributed by atoms with E-state index in [2.05, 4.69) is 5.32 Å². The third-order valence-electron chi connectivity index (χ3n) is 22.7. The van der Waals surface area contributed by atoms with Crippen LogP contribution < -0.4 is 45.5 Å². The summed E-state index contributed by atoms with van der Waals surface area (Å²) in [7, 11) is 0. The maximum atomic E-state index is 11.0. The largest absolute Gasteiger partial charge is 0.396 e. The molecule has 1 amide bonds. The second-order valence-electron chi connectivity index (χ2n) is 32.6. The lowest BCUT2D eigenvalue weighted by Crippen LogP contribution is -2.65. The minimum Gasteiger partial charge on any atom is -0.396 e. The second kappa shape index (κ2) is 63.6. The van der Waals surface area contributed by atoms with Crippen LogP contribution in [0.2, 0.25) is 0 Å². The van der Waals surface area contributed by atoms with E-state index in [9.17, 15) is 158 Å². The highest BCUT2D eigenvalue weighted by molar-refractivity contribution is 5.73. The molecule has 10 rings (SSSR count). The third-order valence-corrected chi connectivity index (χ3v) is 22.7. The van der Waals surface area contributed by atoms with Crippen molar-refractivity contribution in [2.45, 2.75) is 321 Å². The molecule has 1 saturated carbocycles. The maximum absolute atomic E-state index is 11.0. The first-order valence-electron chi connectivity index (χ1n) is 43.8. The van der Waals surface area contributed by atoms with Crippen molar-refractivity contribution in [3.8, 4) is 0 Å². The molecule has 62 heteroatoms. The Morgan fingerprint density at radius 2 is 0.562 bits per heavy atom. The van der Waals surface area contributed by atoms with Crippen LogP contribution in [-0.4, -0.2) is 624 Å². The Kier molecular flexibility index (Phi) is 58.6. The van der Waals surface area contributed by atoms with E-state index in [1.165, 1.54) is 6.92 Å². The van der Waals surface area contributed by atoms with Gasteiger partial charge >= 0.3 is 0 Å². The van der Waals surface area contributed by atoms with Gasteiger partial charge in [-0.2, -0.15) is 0 Å².